The van der Waals surface area contributed by atoms with E-state index in [4.69, 9.17) is 4.74 Å². The number of benzene rings is 2. The summed E-state index contributed by atoms with van der Waals surface area (Å²) >= 11 is 0. The number of anilines is 2. The van der Waals surface area contributed by atoms with E-state index in [1.54, 1.807) is 12.1 Å². The lowest BCUT2D eigenvalue weighted by Gasteiger charge is -2.40. The molecule has 3 N–H and O–H groups in total. The number of aromatic nitrogens is 2. The van der Waals surface area contributed by atoms with Gasteiger partial charge in [-0.3, -0.25) is 9.89 Å². The summed E-state index contributed by atoms with van der Waals surface area (Å²) in [6.07, 6.45) is 2.08. The van der Waals surface area contributed by atoms with E-state index in [0.717, 1.165) is 5.69 Å². The maximum Gasteiger partial charge on any atom is 0.257 e. The number of carbonyl (C=O) groups is 1. The summed E-state index contributed by atoms with van der Waals surface area (Å²) in [5, 5.41) is 22.3. The smallest absolute Gasteiger partial charge is 0.257 e. The highest BCUT2D eigenvalue weighted by Crippen LogP contribution is 2.31. The van der Waals surface area contributed by atoms with Crippen LogP contribution in [0.25, 0.3) is 0 Å². The van der Waals surface area contributed by atoms with Gasteiger partial charge in [-0.25, -0.2) is 8.42 Å². The van der Waals surface area contributed by atoms with Crippen LogP contribution >= 0.6 is 0 Å². The van der Waals surface area contributed by atoms with Gasteiger partial charge < -0.3 is 15.4 Å². The number of nitriles is 1. The number of nitrogens with zero attached hydrogens (tertiary/aromatic N) is 3. The normalized spacial score (nSPS) is 15.7. The molecule has 35 heavy (non-hydrogen) atoms. The zero-order chi connectivity index (χ0) is 24.9. The molecule has 0 saturated carbocycles. The Labute approximate surface area is 204 Å². The van der Waals surface area contributed by atoms with Crippen molar-refractivity contribution in [1.29, 1.82) is 5.26 Å². The highest BCUT2D eigenvalue weighted by molar-refractivity contribution is 7.89. The Kier molecular flexibility index (Phi) is 7.04. The highest BCUT2D eigenvalue weighted by Gasteiger charge is 2.40. The first-order valence-corrected chi connectivity index (χ1v) is 12.5. The first-order valence-electron chi connectivity index (χ1n) is 11.1. The molecule has 0 radical (unpaired) electrons. The molecule has 1 aliphatic rings. The van der Waals surface area contributed by atoms with Crippen LogP contribution in [0, 0.1) is 11.3 Å². The molecule has 0 aliphatic carbocycles. The molecule has 2 aromatic carbocycles. The average molecular weight is 495 g/mol. The number of aromatic amines is 1. The van der Waals surface area contributed by atoms with Crippen molar-refractivity contribution in [3.63, 3.8) is 0 Å². The molecule has 10 nitrogen and oxygen atoms in total. The van der Waals surface area contributed by atoms with E-state index in [1.807, 2.05) is 30.3 Å². The molecule has 4 rings (SSSR count). The van der Waals surface area contributed by atoms with Crippen LogP contribution in [-0.2, 0) is 10.0 Å². The van der Waals surface area contributed by atoms with Crippen LogP contribution < -0.4 is 15.4 Å². The van der Waals surface area contributed by atoms with Crippen LogP contribution in [0.4, 0.5) is 11.5 Å². The van der Waals surface area contributed by atoms with Crippen LogP contribution in [0.15, 0.2) is 65.7 Å². The molecule has 0 spiro atoms. The molecule has 0 bridgehead atoms. The number of rotatable bonds is 8. The zero-order valence-corrected chi connectivity index (χ0v) is 20.0. The molecule has 0 atom stereocenters. The third kappa shape index (κ3) is 5.29. The number of nitrogens with one attached hydrogen (secondary N) is 3. The van der Waals surface area contributed by atoms with Crippen molar-refractivity contribution in [3.05, 3.63) is 66.4 Å². The lowest BCUT2D eigenvalue weighted by molar-refractivity contribution is 0.0859. The Hall–Kier alpha value is -3.88. The van der Waals surface area contributed by atoms with Gasteiger partial charge in [0.15, 0.2) is 0 Å². The van der Waals surface area contributed by atoms with Crippen molar-refractivity contribution in [2.75, 3.05) is 25.5 Å². The van der Waals surface area contributed by atoms with Crippen molar-refractivity contribution in [2.45, 2.75) is 29.7 Å². The Morgan fingerprint density at radius 2 is 1.94 bits per heavy atom. The standard InChI is InChI=1S/C24H26N6O4S/c1-34-19-8-5-9-20(16-19)35(32,33)30-14-11-24(10-13-25,12-15-30)28-23(31)21-17-26-29-22(21)27-18-6-3-2-4-7-18/h2-9,16-17H,10-12,14-15H2,1H3,(H,28,31)(H2,26,27,29). The summed E-state index contributed by atoms with van der Waals surface area (Å²) in [5.74, 6) is 0.490. The zero-order valence-electron chi connectivity index (χ0n) is 19.2. The van der Waals surface area contributed by atoms with Gasteiger partial charge in [-0.2, -0.15) is 14.7 Å². The van der Waals surface area contributed by atoms with Gasteiger partial charge in [0.05, 0.1) is 36.2 Å². The lowest BCUT2D eigenvalue weighted by atomic mass is 9.85. The second-order valence-corrected chi connectivity index (χ2v) is 10.2. The SMILES string of the molecule is COc1cccc(S(=O)(=O)N2CCC(CC#N)(NC(=O)c3cn[nH]c3Nc3ccccc3)CC2)c1. The van der Waals surface area contributed by atoms with Crippen LogP contribution in [-0.4, -0.2) is 54.6 Å². The van der Waals surface area contributed by atoms with E-state index >= 15 is 0 Å². The summed E-state index contributed by atoms with van der Waals surface area (Å²) in [4.78, 5) is 13.3. The molecular weight excluding hydrogens is 468 g/mol. The van der Waals surface area contributed by atoms with Crippen LogP contribution in [0.3, 0.4) is 0 Å². The summed E-state index contributed by atoms with van der Waals surface area (Å²) in [6.45, 7) is 0.337. The van der Waals surface area contributed by atoms with Crippen molar-refractivity contribution >= 4 is 27.4 Å². The average Bonchev–Trinajstić information content (AvgIpc) is 3.33. The van der Waals surface area contributed by atoms with Gasteiger partial charge in [-0.05, 0) is 37.1 Å². The van der Waals surface area contributed by atoms with Crippen molar-refractivity contribution in [3.8, 4) is 11.8 Å². The van der Waals surface area contributed by atoms with E-state index in [9.17, 15) is 18.5 Å². The van der Waals surface area contributed by atoms with Gasteiger partial charge in [0.2, 0.25) is 10.0 Å². The van der Waals surface area contributed by atoms with E-state index in [2.05, 4.69) is 26.9 Å². The van der Waals surface area contributed by atoms with E-state index < -0.39 is 21.5 Å². The maximum absolute atomic E-state index is 13.2. The third-order valence-corrected chi connectivity index (χ3v) is 7.98. The van der Waals surface area contributed by atoms with Crippen LogP contribution in [0.5, 0.6) is 5.75 Å². The number of piperidine rings is 1. The quantitative estimate of drug-likeness (QED) is 0.437. The molecule has 0 unspecified atom stereocenters. The van der Waals surface area contributed by atoms with E-state index in [-0.39, 0.29) is 24.4 Å². The second kappa shape index (κ2) is 10.2. The summed E-state index contributed by atoms with van der Waals surface area (Å²) < 4.78 is 32.8. The van der Waals surface area contributed by atoms with Crippen molar-refractivity contribution in [1.82, 2.24) is 19.8 Å². The maximum atomic E-state index is 13.2. The first kappa shape index (κ1) is 24.3. The Morgan fingerprint density at radius 3 is 2.63 bits per heavy atom. The van der Waals surface area contributed by atoms with E-state index in [1.165, 1.54) is 29.7 Å². The fraction of sp³-hybridized carbons (Fsp3) is 0.292. The number of hydrogen-bond acceptors (Lipinski definition) is 7. The van der Waals surface area contributed by atoms with Gasteiger partial charge in [-0.1, -0.05) is 24.3 Å². The van der Waals surface area contributed by atoms with Crippen LogP contribution in [0.1, 0.15) is 29.6 Å². The number of H-pyrrole nitrogens is 1. The number of carbonyl (C=O) groups excluding carboxylic acids is 1. The Balaban J connectivity index is 1.48. The first-order chi connectivity index (χ1) is 16.9. The van der Waals surface area contributed by atoms with E-state index in [0.29, 0.717) is 30.0 Å². The van der Waals surface area contributed by atoms with Crippen LogP contribution in [0.2, 0.25) is 0 Å². The third-order valence-electron chi connectivity index (χ3n) is 6.08. The van der Waals surface area contributed by atoms with Gasteiger partial charge in [0.1, 0.15) is 17.1 Å². The van der Waals surface area contributed by atoms with Gasteiger partial charge in [-0.15, -0.1) is 0 Å². The number of sulfonamides is 1. The molecule has 1 aliphatic heterocycles. The highest BCUT2D eigenvalue weighted by atomic mass is 32.2. The minimum absolute atomic E-state index is 0.0606. The number of ether oxygens (including phenoxy) is 1. The van der Waals surface area contributed by atoms with Gasteiger partial charge >= 0.3 is 0 Å². The molecule has 3 aromatic rings. The lowest BCUT2D eigenvalue weighted by Crippen LogP contribution is -2.56. The second-order valence-electron chi connectivity index (χ2n) is 8.30. The molecule has 2 heterocycles. The predicted molar refractivity (Wildman–Crippen MR) is 130 cm³/mol. The number of amides is 1. The predicted octanol–water partition coefficient (Wildman–Crippen LogP) is 3.03. The fourth-order valence-electron chi connectivity index (χ4n) is 4.09. The van der Waals surface area contributed by atoms with Gasteiger partial charge in [0, 0.05) is 24.8 Å². The van der Waals surface area contributed by atoms with Crippen molar-refractivity contribution < 1.29 is 17.9 Å². The summed E-state index contributed by atoms with van der Waals surface area (Å²) in [7, 11) is -2.26. The number of para-hydroxylation sites is 1. The topological polar surface area (TPSA) is 140 Å². The summed E-state index contributed by atoms with van der Waals surface area (Å²) in [5.41, 5.74) is 0.235. The number of methoxy groups -OCH3 is 1. The molecule has 11 heteroatoms. The monoisotopic (exact) mass is 494 g/mol. The fourth-order valence-corrected chi connectivity index (χ4v) is 5.57. The Morgan fingerprint density at radius 1 is 1.20 bits per heavy atom. The molecular formula is C24H26N6O4S. The number of hydrogen-bond donors (Lipinski definition) is 3. The molecule has 1 amide bonds. The Bertz CT molecular complexity index is 1330. The summed E-state index contributed by atoms with van der Waals surface area (Å²) in [6, 6.07) is 17.8. The van der Waals surface area contributed by atoms with Crippen molar-refractivity contribution in [2.24, 2.45) is 0 Å². The largest absolute Gasteiger partial charge is 0.497 e. The molecule has 1 aromatic heterocycles. The molecule has 1 fully saturated rings. The minimum Gasteiger partial charge on any atom is -0.497 e. The molecule has 1 saturated heterocycles. The van der Waals surface area contributed by atoms with Gasteiger partial charge in [0.25, 0.3) is 5.91 Å². The minimum atomic E-state index is -3.74. The molecule has 182 valence electrons.